The zero-order valence-electron chi connectivity index (χ0n) is 11.2. The summed E-state index contributed by atoms with van der Waals surface area (Å²) in [5.74, 6) is -0.636. The van der Waals surface area contributed by atoms with E-state index in [1.54, 1.807) is 35.0 Å². The first-order chi connectivity index (χ1) is 10.1. The van der Waals surface area contributed by atoms with E-state index in [0.717, 1.165) is 12.8 Å². The number of hydrogen-bond acceptors (Lipinski definition) is 4. The summed E-state index contributed by atoms with van der Waals surface area (Å²) in [5.41, 5.74) is 0.221. The average Bonchev–Trinajstić information content (AvgIpc) is 3.27. The van der Waals surface area contributed by atoms with Crippen molar-refractivity contribution in [2.24, 2.45) is 0 Å². The van der Waals surface area contributed by atoms with Crippen LogP contribution in [0.25, 0.3) is 0 Å². The summed E-state index contributed by atoms with van der Waals surface area (Å²) >= 11 is 0. The molecule has 108 valence electrons. The number of benzene rings is 1. The number of aromatic nitrogens is 2. The van der Waals surface area contributed by atoms with Gasteiger partial charge in [-0.3, -0.25) is 9.59 Å². The summed E-state index contributed by atoms with van der Waals surface area (Å²) in [5, 5.41) is 8.90. The molecule has 0 radical (unpaired) electrons. The van der Waals surface area contributed by atoms with Crippen LogP contribution in [-0.2, 0) is 11.2 Å². The molecule has 0 aliphatic heterocycles. The van der Waals surface area contributed by atoms with Gasteiger partial charge < -0.3 is 14.4 Å². The second-order valence-electron chi connectivity index (χ2n) is 4.96. The fourth-order valence-electron chi connectivity index (χ4n) is 2.13. The smallest absolute Gasteiger partial charge is 0.313 e. The molecule has 1 fully saturated rings. The van der Waals surface area contributed by atoms with Gasteiger partial charge in [0.2, 0.25) is 0 Å². The molecular weight excluding hydrogens is 272 g/mol. The van der Waals surface area contributed by atoms with E-state index in [1.807, 2.05) is 0 Å². The predicted octanol–water partition coefficient (Wildman–Crippen LogP) is 2.00. The van der Waals surface area contributed by atoms with Gasteiger partial charge in [-0.25, -0.2) is 4.98 Å². The number of hydrogen-bond donors (Lipinski definition) is 1. The van der Waals surface area contributed by atoms with Crippen molar-refractivity contribution in [3.63, 3.8) is 0 Å². The van der Waals surface area contributed by atoms with Crippen LogP contribution in [0.5, 0.6) is 11.6 Å². The molecule has 1 saturated carbocycles. The van der Waals surface area contributed by atoms with Crippen LogP contribution in [0.4, 0.5) is 0 Å². The number of carbonyl (C=O) groups is 1. The lowest BCUT2D eigenvalue weighted by Crippen LogP contribution is -2.20. The topological polar surface area (TPSA) is 81.4 Å². The number of aliphatic carboxylic acids is 1. The fraction of sp³-hybridized carbons (Fsp3) is 0.267. The van der Waals surface area contributed by atoms with Crippen LogP contribution in [-0.4, -0.2) is 20.6 Å². The number of carboxylic acid groups (broad SMARTS) is 1. The third-order valence-corrected chi connectivity index (χ3v) is 3.30. The van der Waals surface area contributed by atoms with Crippen LogP contribution in [0.2, 0.25) is 0 Å². The Morgan fingerprint density at radius 1 is 1.38 bits per heavy atom. The summed E-state index contributed by atoms with van der Waals surface area (Å²) < 4.78 is 7.17. The number of carboxylic acids is 1. The van der Waals surface area contributed by atoms with Crippen molar-refractivity contribution in [2.45, 2.75) is 25.3 Å². The first kappa shape index (κ1) is 13.4. The second-order valence-corrected chi connectivity index (χ2v) is 4.96. The highest BCUT2D eigenvalue weighted by Crippen LogP contribution is 2.33. The molecule has 0 spiro atoms. The molecule has 0 amide bonds. The first-order valence-electron chi connectivity index (χ1n) is 6.70. The molecular formula is C15H14N2O4. The Morgan fingerprint density at radius 2 is 2.14 bits per heavy atom. The zero-order chi connectivity index (χ0) is 14.8. The molecule has 1 aromatic heterocycles. The van der Waals surface area contributed by atoms with Crippen LogP contribution in [0.15, 0.2) is 41.5 Å². The Bertz CT molecular complexity index is 734. The largest absolute Gasteiger partial charge is 0.481 e. The number of para-hydroxylation sites is 1. The fourth-order valence-corrected chi connectivity index (χ4v) is 2.13. The molecule has 1 aliphatic rings. The SMILES string of the molecule is O=C(O)Cc1ccccc1Oc1nccn(C2CC2)c1=O. The maximum atomic E-state index is 12.2. The highest BCUT2D eigenvalue weighted by atomic mass is 16.5. The highest BCUT2D eigenvalue weighted by molar-refractivity contribution is 5.71. The van der Waals surface area contributed by atoms with Gasteiger partial charge in [0, 0.05) is 24.0 Å². The van der Waals surface area contributed by atoms with Gasteiger partial charge in [-0.2, -0.15) is 0 Å². The molecule has 2 aromatic rings. The van der Waals surface area contributed by atoms with Crippen molar-refractivity contribution in [3.05, 3.63) is 52.6 Å². The monoisotopic (exact) mass is 286 g/mol. The summed E-state index contributed by atoms with van der Waals surface area (Å²) in [6.45, 7) is 0. The van der Waals surface area contributed by atoms with Crippen molar-refractivity contribution >= 4 is 5.97 Å². The van der Waals surface area contributed by atoms with E-state index in [9.17, 15) is 9.59 Å². The van der Waals surface area contributed by atoms with Gasteiger partial charge >= 0.3 is 11.5 Å². The van der Waals surface area contributed by atoms with Gasteiger partial charge in [0.05, 0.1) is 6.42 Å². The Hall–Kier alpha value is -2.63. The molecule has 0 unspecified atom stereocenters. The Balaban J connectivity index is 1.92. The molecule has 0 saturated heterocycles. The third-order valence-electron chi connectivity index (χ3n) is 3.30. The number of nitrogens with zero attached hydrogens (tertiary/aromatic N) is 2. The van der Waals surface area contributed by atoms with E-state index in [4.69, 9.17) is 9.84 Å². The van der Waals surface area contributed by atoms with Gasteiger partial charge in [0.25, 0.3) is 5.88 Å². The van der Waals surface area contributed by atoms with Gasteiger partial charge in [-0.1, -0.05) is 18.2 Å². The van der Waals surface area contributed by atoms with E-state index in [2.05, 4.69) is 4.98 Å². The van der Waals surface area contributed by atoms with Crippen LogP contribution in [0.3, 0.4) is 0 Å². The van der Waals surface area contributed by atoms with Crippen molar-refractivity contribution < 1.29 is 14.6 Å². The van der Waals surface area contributed by atoms with E-state index < -0.39 is 5.97 Å². The summed E-state index contributed by atoms with van der Waals surface area (Å²) in [6.07, 6.45) is 4.97. The van der Waals surface area contributed by atoms with Crippen molar-refractivity contribution in [2.75, 3.05) is 0 Å². The van der Waals surface area contributed by atoms with E-state index >= 15 is 0 Å². The van der Waals surface area contributed by atoms with Gasteiger partial charge in [0.1, 0.15) is 5.75 Å². The normalized spacial score (nSPS) is 13.9. The minimum absolute atomic E-state index is 0.0257. The van der Waals surface area contributed by atoms with Crippen LogP contribution >= 0.6 is 0 Å². The molecule has 0 bridgehead atoms. The van der Waals surface area contributed by atoms with E-state index in [1.165, 1.54) is 6.20 Å². The van der Waals surface area contributed by atoms with E-state index in [0.29, 0.717) is 11.3 Å². The van der Waals surface area contributed by atoms with Gasteiger partial charge in [-0.15, -0.1) is 0 Å². The minimum Gasteiger partial charge on any atom is -0.481 e. The lowest BCUT2D eigenvalue weighted by atomic mass is 10.1. The van der Waals surface area contributed by atoms with Gasteiger partial charge in [0.15, 0.2) is 0 Å². The number of rotatable bonds is 5. The summed E-state index contributed by atoms with van der Waals surface area (Å²) in [4.78, 5) is 27.1. The molecule has 1 aliphatic carbocycles. The Morgan fingerprint density at radius 3 is 2.86 bits per heavy atom. The lowest BCUT2D eigenvalue weighted by Gasteiger charge is -2.10. The van der Waals surface area contributed by atoms with Crippen molar-refractivity contribution in [1.29, 1.82) is 0 Å². The first-order valence-corrected chi connectivity index (χ1v) is 6.70. The molecule has 6 heteroatoms. The minimum atomic E-state index is -0.956. The Kier molecular flexibility index (Phi) is 3.43. The van der Waals surface area contributed by atoms with Crippen LogP contribution in [0, 0.1) is 0 Å². The number of ether oxygens (including phenoxy) is 1. The van der Waals surface area contributed by atoms with Crippen molar-refractivity contribution in [1.82, 2.24) is 9.55 Å². The maximum Gasteiger partial charge on any atom is 0.313 e. The summed E-state index contributed by atoms with van der Waals surface area (Å²) in [6, 6.07) is 6.98. The lowest BCUT2D eigenvalue weighted by molar-refractivity contribution is -0.136. The standard InChI is InChI=1S/C15H14N2O4/c18-13(19)9-10-3-1-2-4-12(10)21-14-15(20)17(8-7-16-14)11-5-6-11/h1-4,7-8,11H,5-6,9H2,(H,18,19). The molecule has 1 aromatic carbocycles. The van der Waals surface area contributed by atoms with Crippen molar-refractivity contribution in [3.8, 4) is 11.6 Å². The average molecular weight is 286 g/mol. The highest BCUT2D eigenvalue weighted by Gasteiger charge is 2.25. The molecule has 0 atom stereocenters. The maximum absolute atomic E-state index is 12.2. The van der Waals surface area contributed by atoms with Gasteiger partial charge in [-0.05, 0) is 18.9 Å². The molecule has 1 N–H and O–H groups in total. The quantitative estimate of drug-likeness (QED) is 0.909. The molecule has 21 heavy (non-hydrogen) atoms. The third kappa shape index (κ3) is 2.94. The zero-order valence-corrected chi connectivity index (χ0v) is 11.2. The molecule has 1 heterocycles. The Labute approximate surface area is 120 Å². The second kappa shape index (κ2) is 5.40. The van der Waals surface area contributed by atoms with E-state index in [-0.39, 0.29) is 23.9 Å². The predicted molar refractivity (Wildman–Crippen MR) is 74.6 cm³/mol. The van der Waals surface area contributed by atoms with Crippen LogP contribution < -0.4 is 10.3 Å². The summed E-state index contributed by atoms with van der Waals surface area (Å²) in [7, 11) is 0. The van der Waals surface area contributed by atoms with Crippen LogP contribution in [0.1, 0.15) is 24.4 Å². The molecule has 3 rings (SSSR count). The molecule has 6 nitrogen and oxygen atoms in total.